The van der Waals surface area contributed by atoms with Gasteiger partial charge in [-0.25, -0.2) is 9.79 Å². The van der Waals surface area contributed by atoms with Crippen LogP contribution in [0.1, 0.15) is 45.4 Å². The minimum absolute atomic E-state index is 0.0182. The number of nitrogens with zero attached hydrogens (tertiary/aromatic N) is 4. The van der Waals surface area contributed by atoms with Crippen LogP contribution >= 0.6 is 23.1 Å². The lowest BCUT2D eigenvalue weighted by Gasteiger charge is -2.17. The normalized spacial score (nSPS) is 14.5. The van der Waals surface area contributed by atoms with E-state index in [4.69, 9.17) is 9.47 Å². The molecular formula is C24H31N5O5S2. The van der Waals surface area contributed by atoms with Crippen molar-refractivity contribution in [3.05, 3.63) is 39.2 Å². The van der Waals surface area contributed by atoms with Crippen LogP contribution in [0.4, 0.5) is 5.00 Å². The van der Waals surface area contributed by atoms with Crippen molar-refractivity contribution in [3.63, 3.8) is 0 Å². The van der Waals surface area contributed by atoms with Gasteiger partial charge in [0.05, 0.1) is 23.6 Å². The third-order valence-electron chi connectivity index (χ3n) is 5.44. The third-order valence-corrected chi connectivity index (χ3v) is 7.53. The number of amides is 2. The predicted molar refractivity (Wildman–Crippen MR) is 142 cm³/mol. The average Bonchev–Trinajstić information content (AvgIpc) is 3.40. The van der Waals surface area contributed by atoms with Crippen LogP contribution in [0.25, 0.3) is 6.08 Å². The fourth-order valence-corrected chi connectivity index (χ4v) is 5.46. The number of esters is 1. The molecule has 3 heterocycles. The number of anilines is 1. The van der Waals surface area contributed by atoms with E-state index in [2.05, 4.69) is 15.4 Å². The highest BCUT2D eigenvalue weighted by Gasteiger charge is 2.31. The predicted octanol–water partition coefficient (Wildman–Crippen LogP) is 3.53. The fourth-order valence-electron chi connectivity index (χ4n) is 3.57. The molecule has 0 radical (unpaired) electrons. The van der Waals surface area contributed by atoms with Crippen LogP contribution in [0.5, 0.6) is 0 Å². The van der Waals surface area contributed by atoms with Crippen molar-refractivity contribution in [1.82, 2.24) is 14.7 Å². The summed E-state index contributed by atoms with van der Waals surface area (Å²) >= 11 is 2.50. The number of nitrogens with one attached hydrogen (secondary N) is 1. The molecule has 2 aromatic heterocycles. The van der Waals surface area contributed by atoms with Gasteiger partial charge in [-0.1, -0.05) is 11.8 Å². The van der Waals surface area contributed by atoms with Gasteiger partial charge in [0.2, 0.25) is 5.91 Å². The lowest BCUT2D eigenvalue weighted by Crippen LogP contribution is -2.32. The van der Waals surface area contributed by atoms with Gasteiger partial charge in [0.25, 0.3) is 5.91 Å². The van der Waals surface area contributed by atoms with Gasteiger partial charge in [-0.3, -0.25) is 19.2 Å². The molecule has 2 aromatic rings. The molecule has 0 spiro atoms. The molecule has 1 aliphatic rings. The minimum atomic E-state index is -0.460. The van der Waals surface area contributed by atoms with Gasteiger partial charge in [0.1, 0.15) is 10.7 Å². The first-order chi connectivity index (χ1) is 17.2. The van der Waals surface area contributed by atoms with E-state index >= 15 is 0 Å². The molecule has 0 bridgehead atoms. The zero-order chi connectivity index (χ0) is 26.4. The van der Waals surface area contributed by atoms with Crippen molar-refractivity contribution in [2.45, 2.75) is 34.1 Å². The van der Waals surface area contributed by atoms with Crippen LogP contribution in [0.15, 0.2) is 16.9 Å². The third kappa shape index (κ3) is 6.42. The van der Waals surface area contributed by atoms with Gasteiger partial charge in [-0.15, -0.1) is 11.3 Å². The summed E-state index contributed by atoms with van der Waals surface area (Å²) in [5.74, 6) is -0.979. The van der Waals surface area contributed by atoms with E-state index < -0.39 is 5.97 Å². The van der Waals surface area contributed by atoms with Crippen LogP contribution < -0.4 is 5.32 Å². The molecule has 3 rings (SSSR count). The maximum atomic E-state index is 13.1. The summed E-state index contributed by atoms with van der Waals surface area (Å²) in [5, 5.41) is 8.04. The number of amidine groups is 1. The summed E-state index contributed by atoms with van der Waals surface area (Å²) in [7, 11) is 3.42. The molecule has 36 heavy (non-hydrogen) atoms. The Bertz CT molecular complexity index is 1210. The van der Waals surface area contributed by atoms with Crippen molar-refractivity contribution < 1.29 is 23.9 Å². The van der Waals surface area contributed by atoms with E-state index in [1.165, 1.54) is 23.1 Å². The van der Waals surface area contributed by atoms with Crippen LogP contribution in [0, 0.1) is 20.8 Å². The van der Waals surface area contributed by atoms with Gasteiger partial charge < -0.3 is 14.8 Å². The zero-order valence-corrected chi connectivity index (χ0v) is 23.0. The van der Waals surface area contributed by atoms with Gasteiger partial charge in [0.15, 0.2) is 5.17 Å². The van der Waals surface area contributed by atoms with Crippen molar-refractivity contribution in [2.75, 3.05) is 37.9 Å². The summed E-state index contributed by atoms with van der Waals surface area (Å²) in [5.41, 5.74) is 3.06. The highest BCUT2D eigenvalue weighted by molar-refractivity contribution is 8.14. The topological polar surface area (TPSA) is 115 Å². The lowest BCUT2D eigenvalue weighted by atomic mass is 10.1. The molecule has 1 aliphatic heterocycles. The van der Waals surface area contributed by atoms with E-state index in [0.29, 0.717) is 41.0 Å². The van der Waals surface area contributed by atoms with Crippen molar-refractivity contribution >= 4 is 57.1 Å². The SMILES string of the molecule is CCOC(=O)c1c(NC(=O)CSC2=NC(=Cc3cn(C)nc3C)C(=O)N2CCCOC)sc(C)c1C. The molecule has 0 atom stereocenters. The van der Waals surface area contributed by atoms with E-state index in [-0.39, 0.29) is 24.2 Å². The van der Waals surface area contributed by atoms with Crippen molar-refractivity contribution in [1.29, 1.82) is 0 Å². The monoisotopic (exact) mass is 533 g/mol. The molecule has 10 nitrogen and oxygen atoms in total. The largest absolute Gasteiger partial charge is 0.462 e. The Balaban J connectivity index is 1.76. The van der Waals surface area contributed by atoms with Crippen LogP contribution in [-0.4, -0.2) is 70.3 Å². The van der Waals surface area contributed by atoms with Gasteiger partial charge in [-0.2, -0.15) is 5.10 Å². The second-order valence-electron chi connectivity index (χ2n) is 8.12. The number of ether oxygens (including phenoxy) is 2. The first-order valence-corrected chi connectivity index (χ1v) is 13.3. The number of rotatable bonds is 10. The lowest BCUT2D eigenvalue weighted by molar-refractivity contribution is -0.122. The number of aliphatic imine (C=N–C) groups is 1. The number of hydrogen-bond donors (Lipinski definition) is 1. The molecule has 194 valence electrons. The smallest absolute Gasteiger partial charge is 0.341 e. The summed E-state index contributed by atoms with van der Waals surface area (Å²) < 4.78 is 12.0. The van der Waals surface area contributed by atoms with Crippen LogP contribution in [-0.2, 0) is 26.1 Å². The molecule has 0 aliphatic carbocycles. The molecule has 0 fully saturated rings. The first kappa shape index (κ1) is 27.6. The first-order valence-electron chi connectivity index (χ1n) is 11.5. The molecule has 0 saturated carbocycles. The fraction of sp³-hybridized carbons (Fsp3) is 0.458. The molecule has 2 amide bonds. The number of carbonyl (C=O) groups excluding carboxylic acids is 3. The van der Waals surface area contributed by atoms with Crippen molar-refractivity contribution in [3.8, 4) is 0 Å². The minimum Gasteiger partial charge on any atom is -0.462 e. The Morgan fingerprint density at radius 3 is 2.67 bits per heavy atom. The Morgan fingerprint density at radius 2 is 2.03 bits per heavy atom. The summed E-state index contributed by atoms with van der Waals surface area (Å²) in [6.07, 6.45) is 4.17. The Kier molecular flexibility index (Phi) is 9.46. The molecule has 0 aromatic carbocycles. The Morgan fingerprint density at radius 1 is 1.28 bits per heavy atom. The Labute approximate surface area is 218 Å². The number of carbonyl (C=O) groups is 3. The highest BCUT2D eigenvalue weighted by atomic mass is 32.2. The number of hydrogen-bond acceptors (Lipinski definition) is 9. The van der Waals surface area contributed by atoms with Gasteiger partial charge >= 0.3 is 5.97 Å². The highest BCUT2D eigenvalue weighted by Crippen LogP contribution is 2.33. The number of aromatic nitrogens is 2. The number of methoxy groups -OCH3 is 1. The molecular weight excluding hydrogens is 502 g/mol. The summed E-state index contributed by atoms with van der Waals surface area (Å²) in [6.45, 7) is 8.49. The van der Waals surface area contributed by atoms with E-state index in [1.807, 2.05) is 34.0 Å². The summed E-state index contributed by atoms with van der Waals surface area (Å²) in [6, 6.07) is 0. The van der Waals surface area contributed by atoms with E-state index in [0.717, 1.165) is 21.7 Å². The van der Waals surface area contributed by atoms with E-state index in [1.54, 1.807) is 29.7 Å². The standard InChI is InChI=1S/C24H31N5O5S2/c1-7-34-23(32)20-14(2)16(4)36-21(20)26-19(30)13-35-24-25-18(11-17-12-28(5)27-15(17)3)22(31)29(24)9-8-10-33-6/h11-12H,7-10,13H2,1-6H3,(H,26,30). The van der Waals surface area contributed by atoms with Crippen LogP contribution in [0.2, 0.25) is 0 Å². The summed E-state index contributed by atoms with van der Waals surface area (Å²) in [4.78, 5) is 45.3. The maximum Gasteiger partial charge on any atom is 0.341 e. The quantitative estimate of drug-likeness (QED) is 0.282. The van der Waals surface area contributed by atoms with Crippen molar-refractivity contribution in [2.24, 2.45) is 12.0 Å². The Hall–Kier alpha value is -2.96. The molecule has 1 N–H and O–H groups in total. The van der Waals surface area contributed by atoms with E-state index in [9.17, 15) is 14.4 Å². The zero-order valence-electron chi connectivity index (χ0n) is 21.3. The molecule has 12 heteroatoms. The average molecular weight is 534 g/mol. The van der Waals surface area contributed by atoms with Gasteiger partial charge in [-0.05, 0) is 45.8 Å². The van der Waals surface area contributed by atoms with Gasteiger partial charge in [0, 0.05) is 43.9 Å². The second-order valence-corrected chi connectivity index (χ2v) is 10.3. The number of aryl methyl sites for hydroxylation is 3. The maximum absolute atomic E-state index is 13.1. The number of thiophene rings is 1. The second kappa shape index (κ2) is 12.3. The molecule has 0 saturated heterocycles. The molecule has 0 unspecified atom stereocenters. The van der Waals surface area contributed by atoms with Crippen LogP contribution in [0.3, 0.4) is 0 Å². The number of thioether (sulfide) groups is 1.